The summed E-state index contributed by atoms with van der Waals surface area (Å²) in [5.41, 5.74) is -0.0548. The third-order valence-electron chi connectivity index (χ3n) is 5.96. The van der Waals surface area contributed by atoms with Gasteiger partial charge in [0.05, 0.1) is 12.1 Å². The molecule has 3 fully saturated rings. The first-order valence-electron chi connectivity index (χ1n) is 10.2. The van der Waals surface area contributed by atoms with E-state index in [0.29, 0.717) is 32.6 Å². The molecule has 170 valence electrons. The Morgan fingerprint density at radius 1 is 1.19 bits per heavy atom. The van der Waals surface area contributed by atoms with Gasteiger partial charge in [-0.25, -0.2) is 9.18 Å². The monoisotopic (exact) mass is 444 g/mol. The highest BCUT2D eigenvalue weighted by atomic mass is 19.4. The summed E-state index contributed by atoms with van der Waals surface area (Å²) in [5, 5.41) is 5.35. The van der Waals surface area contributed by atoms with E-state index in [1.54, 1.807) is 9.80 Å². The van der Waals surface area contributed by atoms with Crippen LogP contribution in [0, 0.1) is 11.7 Å². The summed E-state index contributed by atoms with van der Waals surface area (Å²) in [7, 11) is 0. The van der Waals surface area contributed by atoms with E-state index in [1.165, 1.54) is 0 Å². The van der Waals surface area contributed by atoms with Gasteiger partial charge < -0.3 is 25.2 Å². The molecular weight excluding hydrogens is 420 g/mol. The number of carbonyl (C=O) groups is 2. The van der Waals surface area contributed by atoms with Crippen LogP contribution in [0.25, 0.3) is 0 Å². The number of nitrogens with one attached hydrogen (secondary N) is 2. The Labute approximate surface area is 176 Å². The van der Waals surface area contributed by atoms with Gasteiger partial charge in [0, 0.05) is 38.6 Å². The lowest BCUT2D eigenvalue weighted by Crippen LogP contribution is -2.64. The zero-order chi connectivity index (χ0) is 22.2. The smallest absolute Gasteiger partial charge is 0.366 e. The molecule has 1 aromatic carbocycles. The highest BCUT2D eigenvalue weighted by molar-refractivity contribution is 5.79. The lowest BCUT2D eigenvalue weighted by molar-refractivity contribution is -0.158. The number of carbonyl (C=O) groups excluding carboxylic acids is 2. The lowest BCUT2D eigenvalue weighted by atomic mass is 9.98. The van der Waals surface area contributed by atoms with Crippen molar-refractivity contribution in [2.75, 3.05) is 39.3 Å². The quantitative estimate of drug-likeness (QED) is 0.693. The van der Waals surface area contributed by atoms with Gasteiger partial charge in [-0.2, -0.15) is 13.2 Å². The van der Waals surface area contributed by atoms with Crippen LogP contribution in [0.2, 0.25) is 0 Å². The molecule has 0 saturated carbocycles. The molecule has 7 nitrogen and oxygen atoms in total. The normalized spacial score (nSPS) is 25.5. The molecule has 3 aliphatic heterocycles. The summed E-state index contributed by atoms with van der Waals surface area (Å²) in [5.74, 6) is -0.906. The van der Waals surface area contributed by atoms with Crippen LogP contribution in [0.5, 0.6) is 0 Å². The number of hydrogen-bond acceptors (Lipinski definition) is 4. The Hall–Kier alpha value is -2.40. The van der Waals surface area contributed by atoms with E-state index in [1.807, 2.05) is 0 Å². The summed E-state index contributed by atoms with van der Waals surface area (Å²) < 4.78 is 58.8. The minimum absolute atomic E-state index is 0.0345. The lowest BCUT2D eigenvalue weighted by Gasteiger charge is -2.46. The highest BCUT2D eigenvalue weighted by Gasteiger charge is 2.43. The van der Waals surface area contributed by atoms with E-state index in [9.17, 15) is 27.2 Å². The molecular formula is C20H24F4N4O3. The fraction of sp³-hybridized carbons (Fsp3) is 0.600. The first-order valence-corrected chi connectivity index (χ1v) is 10.2. The van der Waals surface area contributed by atoms with Gasteiger partial charge in [0.15, 0.2) is 0 Å². The van der Waals surface area contributed by atoms with Gasteiger partial charge >= 0.3 is 12.2 Å². The molecule has 3 aliphatic rings. The number of urea groups is 1. The molecule has 11 heteroatoms. The fourth-order valence-corrected chi connectivity index (χ4v) is 4.29. The van der Waals surface area contributed by atoms with Crippen LogP contribution in [0.1, 0.15) is 18.0 Å². The van der Waals surface area contributed by atoms with E-state index in [4.69, 9.17) is 4.74 Å². The Morgan fingerprint density at radius 3 is 2.58 bits per heavy atom. The van der Waals surface area contributed by atoms with Crippen LogP contribution in [0.15, 0.2) is 24.3 Å². The van der Waals surface area contributed by atoms with Crippen LogP contribution >= 0.6 is 0 Å². The standard InChI is InChI=1S/C20H24F4N4O3/c21-14-3-1-13(2-4-14)18(20(22,23)24)25-7-12-8-28(9-12)19(30)27-6-5-16-15(10-27)26-17(29)11-31-16/h1-4,12,15-16,18,25H,5-11H2,(H,26,29)/t15-,16?,18?/m1/s1. The average molecular weight is 444 g/mol. The van der Waals surface area contributed by atoms with Gasteiger partial charge in [-0.05, 0) is 24.1 Å². The molecule has 3 saturated heterocycles. The number of hydrogen-bond donors (Lipinski definition) is 2. The van der Waals surface area contributed by atoms with Crippen LogP contribution in [0.4, 0.5) is 22.4 Å². The number of alkyl halides is 3. The average Bonchev–Trinajstić information content (AvgIpc) is 2.69. The van der Waals surface area contributed by atoms with Crippen molar-refractivity contribution in [3.63, 3.8) is 0 Å². The molecule has 0 bridgehead atoms. The SMILES string of the molecule is O=C1COC2CCN(C(=O)N3CC(CNC(c4ccc(F)cc4)C(F)(F)F)C3)C[C@H]2N1. The maximum absolute atomic E-state index is 13.4. The number of ether oxygens (including phenoxy) is 1. The van der Waals surface area contributed by atoms with Gasteiger partial charge in [-0.1, -0.05) is 12.1 Å². The number of fused-ring (bicyclic) bond motifs is 1. The van der Waals surface area contributed by atoms with Crippen molar-refractivity contribution in [2.45, 2.75) is 30.8 Å². The number of nitrogens with zero attached hydrogens (tertiary/aromatic N) is 2. The highest BCUT2D eigenvalue weighted by Crippen LogP contribution is 2.33. The summed E-state index contributed by atoms with van der Waals surface area (Å²) in [6, 6.07) is 1.93. The van der Waals surface area contributed by atoms with Crippen LogP contribution in [-0.2, 0) is 9.53 Å². The van der Waals surface area contributed by atoms with Crippen molar-refractivity contribution >= 4 is 11.9 Å². The first kappa shape index (κ1) is 21.8. The molecule has 3 heterocycles. The van der Waals surface area contributed by atoms with Crippen molar-refractivity contribution in [1.82, 2.24) is 20.4 Å². The van der Waals surface area contributed by atoms with Crippen LogP contribution in [-0.4, -0.2) is 79.4 Å². The third kappa shape index (κ3) is 4.93. The zero-order valence-electron chi connectivity index (χ0n) is 16.7. The van der Waals surface area contributed by atoms with E-state index < -0.39 is 18.0 Å². The summed E-state index contributed by atoms with van der Waals surface area (Å²) in [6.45, 7) is 1.69. The van der Waals surface area contributed by atoms with Gasteiger partial charge in [0.2, 0.25) is 5.91 Å². The zero-order valence-corrected chi connectivity index (χ0v) is 16.7. The Bertz CT molecular complexity index is 814. The number of amides is 3. The molecule has 0 aromatic heterocycles. The van der Waals surface area contributed by atoms with E-state index in [2.05, 4.69) is 10.6 Å². The van der Waals surface area contributed by atoms with Gasteiger partial charge in [-0.15, -0.1) is 0 Å². The Kier molecular flexibility index (Phi) is 6.07. The minimum atomic E-state index is -4.52. The predicted octanol–water partition coefficient (Wildman–Crippen LogP) is 1.66. The van der Waals surface area contributed by atoms with Crippen molar-refractivity contribution in [3.8, 4) is 0 Å². The van der Waals surface area contributed by atoms with Crippen molar-refractivity contribution in [2.24, 2.45) is 5.92 Å². The molecule has 0 radical (unpaired) electrons. The van der Waals surface area contributed by atoms with E-state index in [0.717, 1.165) is 24.3 Å². The fourth-order valence-electron chi connectivity index (χ4n) is 4.29. The number of likely N-dealkylation sites (tertiary alicyclic amines) is 2. The predicted molar refractivity (Wildman–Crippen MR) is 102 cm³/mol. The first-order chi connectivity index (χ1) is 14.7. The molecule has 4 rings (SSSR count). The number of morpholine rings is 1. The minimum Gasteiger partial charge on any atom is -0.366 e. The summed E-state index contributed by atoms with van der Waals surface area (Å²) in [6.07, 6.45) is -3.99. The van der Waals surface area contributed by atoms with E-state index >= 15 is 0 Å². The molecule has 31 heavy (non-hydrogen) atoms. The number of halogens is 4. The second-order valence-electron chi connectivity index (χ2n) is 8.25. The molecule has 3 atom stereocenters. The van der Waals surface area contributed by atoms with E-state index in [-0.39, 0.29) is 48.7 Å². The second kappa shape index (κ2) is 8.62. The third-order valence-corrected chi connectivity index (χ3v) is 5.96. The van der Waals surface area contributed by atoms with Crippen LogP contribution < -0.4 is 10.6 Å². The molecule has 2 unspecified atom stereocenters. The maximum atomic E-state index is 13.4. The molecule has 0 spiro atoms. The van der Waals surface area contributed by atoms with Crippen molar-refractivity contribution in [3.05, 3.63) is 35.6 Å². The number of benzene rings is 1. The summed E-state index contributed by atoms with van der Waals surface area (Å²) >= 11 is 0. The van der Waals surface area contributed by atoms with Crippen molar-refractivity contribution < 1.29 is 31.9 Å². The van der Waals surface area contributed by atoms with Gasteiger partial charge in [0.1, 0.15) is 18.5 Å². The molecule has 0 aliphatic carbocycles. The van der Waals surface area contributed by atoms with Gasteiger partial charge in [-0.3, -0.25) is 4.79 Å². The molecule has 1 aromatic rings. The molecule has 3 amide bonds. The number of piperidine rings is 1. The maximum Gasteiger partial charge on any atom is 0.407 e. The Morgan fingerprint density at radius 2 is 1.90 bits per heavy atom. The Balaban J connectivity index is 1.26. The topological polar surface area (TPSA) is 73.9 Å². The summed E-state index contributed by atoms with van der Waals surface area (Å²) in [4.78, 5) is 27.4. The van der Waals surface area contributed by atoms with Crippen molar-refractivity contribution in [1.29, 1.82) is 0 Å². The molecule has 2 N–H and O–H groups in total. The van der Waals surface area contributed by atoms with Gasteiger partial charge in [0.25, 0.3) is 0 Å². The largest absolute Gasteiger partial charge is 0.407 e. The number of rotatable bonds is 4. The second-order valence-corrected chi connectivity index (χ2v) is 8.25. The van der Waals surface area contributed by atoms with Crippen LogP contribution in [0.3, 0.4) is 0 Å².